The highest BCUT2D eigenvalue weighted by Gasteiger charge is 2.18. The summed E-state index contributed by atoms with van der Waals surface area (Å²) in [6.45, 7) is 14.7. The highest BCUT2D eigenvalue weighted by Crippen LogP contribution is 2.27. The molecule has 376 valence electrons. The van der Waals surface area contributed by atoms with Gasteiger partial charge in [0.1, 0.15) is 39.6 Å². The van der Waals surface area contributed by atoms with Crippen LogP contribution in [0.3, 0.4) is 0 Å². The molecule has 0 spiro atoms. The molecule has 0 saturated carbocycles. The molecule has 6 aromatic carbocycles. The van der Waals surface area contributed by atoms with Gasteiger partial charge in [0.05, 0.1) is 58.4 Å². The summed E-state index contributed by atoms with van der Waals surface area (Å²) in [4.78, 5) is 27.4. The van der Waals surface area contributed by atoms with Crippen molar-refractivity contribution in [2.45, 2.75) is 54.0 Å². The zero-order valence-corrected chi connectivity index (χ0v) is 41.4. The highest BCUT2D eigenvalue weighted by molar-refractivity contribution is 5.89. The van der Waals surface area contributed by atoms with Crippen molar-refractivity contribution >= 4 is 12.1 Å². The largest absolute Gasteiger partial charge is 0.487 e. The van der Waals surface area contributed by atoms with Crippen LogP contribution in [0.25, 0.3) is 0 Å². The molecule has 71 heavy (non-hydrogen) atoms. The van der Waals surface area contributed by atoms with E-state index in [-0.39, 0.29) is 25.3 Å². The molecule has 0 aromatic heterocycles. The fourth-order valence-corrected chi connectivity index (χ4v) is 7.53. The van der Waals surface area contributed by atoms with Crippen LogP contribution in [-0.2, 0) is 54.7 Å². The van der Waals surface area contributed by atoms with Gasteiger partial charge >= 0.3 is 12.1 Å². The van der Waals surface area contributed by atoms with E-state index in [1.54, 1.807) is 4.90 Å². The van der Waals surface area contributed by atoms with Gasteiger partial charge in [-0.2, -0.15) is 0 Å². The minimum Gasteiger partial charge on any atom is -0.487 e. The molecular formula is C58H67NO12. The number of hydrogen-bond donors (Lipinski definition) is 0. The molecule has 0 fully saturated rings. The number of carbonyl (C=O) groups excluding carboxylic acids is 2. The molecule has 0 saturated heterocycles. The van der Waals surface area contributed by atoms with E-state index in [4.69, 9.17) is 47.4 Å². The third-order valence-electron chi connectivity index (χ3n) is 10.7. The van der Waals surface area contributed by atoms with E-state index in [0.717, 1.165) is 44.5 Å². The summed E-state index contributed by atoms with van der Waals surface area (Å²) in [7, 11) is 0. The van der Waals surface area contributed by atoms with E-state index >= 15 is 0 Å². The number of esters is 1. The van der Waals surface area contributed by atoms with E-state index < -0.39 is 0 Å². The topological polar surface area (TPSA) is 130 Å². The van der Waals surface area contributed by atoms with Crippen LogP contribution < -0.4 is 18.9 Å². The van der Waals surface area contributed by atoms with Crippen molar-refractivity contribution < 1.29 is 57.0 Å². The maximum atomic E-state index is 13.2. The molecule has 6 aromatic rings. The lowest BCUT2D eigenvalue weighted by Crippen LogP contribution is -2.30. The summed E-state index contributed by atoms with van der Waals surface area (Å²) in [5, 5.41) is 0. The number of benzene rings is 6. The maximum Gasteiger partial charge on any atom is 0.410 e. The van der Waals surface area contributed by atoms with Gasteiger partial charge in [-0.1, -0.05) is 125 Å². The number of fused-ring (bicyclic) bond motifs is 2. The van der Waals surface area contributed by atoms with Crippen LogP contribution in [0.2, 0.25) is 0 Å². The standard InChI is InChI=1S/C34H35NO4.C24H32O8/c1-24-14-25(2)17-31(16-24)21-35(34(37)39-23-29-8-6-5-7-9-29)20-28-10-12-30(13-11-28)22-38-33(36)32-18-26(3)15-27(4)19-32;1-2-6-22-21(5-1)29-17-13-25-9-10-27-15-19-31-23-7-3-4-8-24(23)32-20-16-28-12-11-26-14-18-30-22/h5-19H,20-23H2,1-4H3;1-8H,9-20H2. The van der Waals surface area contributed by atoms with Crippen molar-refractivity contribution in [2.24, 2.45) is 0 Å². The van der Waals surface area contributed by atoms with Gasteiger partial charge in [0.2, 0.25) is 0 Å². The predicted molar refractivity (Wildman–Crippen MR) is 271 cm³/mol. The average Bonchev–Trinajstić information content (AvgIpc) is 3.36. The third-order valence-corrected chi connectivity index (χ3v) is 10.7. The van der Waals surface area contributed by atoms with Crippen molar-refractivity contribution in [1.29, 1.82) is 0 Å². The van der Waals surface area contributed by atoms with Crippen LogP contribution in [-0.4, -0.2) is 96.2 Å². The van der Waals surface area contributed by atoms with Gasteiger partial charge in [-0.25, -0.2) is 9.59 Å². The minimum atomic E-state index is -0.371. The monoisotopic (exact) mass is 969 g/mol. The summed E-state index contributed by atoms with van der Waals surface area (Å²) >= 11 is 0. The molecule has 0 bridgehead atoms. The van der Waals surface area contributed by atoms with Crippen LogP contribution in [0.4, 0.5) is 4.79 Å². The number of ether oxygens (including phenoxy) is 10. The summed E-state index contributed by atoms with van der Waals surface area (Å²) < 4.78 is 56.5. The van der Waals surface area contributed by atoms with Crippen molar-refractivity contribution in [3.8, 4) is 23.0 Å². The maximum absolute atomic E-state index is 13.2. The van der Waals surface area contributed by atoms with Crippen molar-refractivity contribution in [3.05, 3.63) is 190 Å². The average molecular weight is 970 g/mol. The Morgan fingerprint density at radius 1 is 0.394 bits per heavy atom. The van der Waals surface area contributed by atoms with Gasteiger partial charge in [-0.15, -0.1) is 0 Å². The van der Waals surface area contributed by atoms with Crippen LogP contribution in [0.15, 0.2) is 140 Å². The number of nitrogens with zero attached hydrogens (tertiary/aromatic N) is 1. The molecule has 1 amide bonds. The first-order chi connectivity index (χ1) is 34.7. The Kier molecular flexibility index (Phi) is 22.6. The second kappa shape index (κ2) is 30.0. The van der Waals surface area contributed by atoms with E-state index in [1.807, 2.05) is 135 Å². The number of carbonyl (C=O) groups is 2. The predicted octanol–water partition coefficient (Wildman–Crippen LogP) is 10.6. The number of hydrogen-bond acceptors (Lipinski definition) is 12. The van der Waals surface area contributed by atoms with Gasteiger partial charge in [-0.3, -0.25) is 4.90 Å². The first-order valence-electron chi connectivity index (χ1n) is 24.0. The summed E-state index contributed by atoms with van der Waals surface area (Å²) in [5.74, 6) is 2.39. The first kappa shape index (κ1) is 53.5. The van der Waals surface area contributed by atoms with Gasteiger partial charge in [0, 0.05) is 13.1 Å². The van der Waals surface area contributed by atoms with Crippen LogP contribution >= 0.6 is 0 Å². The number of rotatable bonds is 9. The molecule has 0 atom stereocenters. The molecular weight excluding hydrogens is 903 g/mol. The van der Waals surface area contributed by atoms with E-state index in [1.165, 1.54) is 0 Å². The Balaban J connectivity index is 0.000000237. The number of amides is 1. The molecule has 0 radical (unpaired) electrons. The fourth-order valence-electron chi connectivity index (χ4n) is 7.53. The number of aryl methyl sites for hydroxylation is 4. The molecule has 7 rings (SSSR count). The lowest BCUT2D eigenvalue weighted by Gasteiger charge is -2.23. The molecule has 0 unspecified atom stereocenters. The summed E-state index contributed by atoms with van der Waals surface area (Å²) in [5.41, 5.74) is 8.75. The normalized spacial score (nSPS) is 14.1. The first-order valence-corrected chi connectivity index (χ1v) is 24.0. The second-order valence-electron chi connectivity index (χ2n) is 16.9. The Morgan fingerprint density at radius 3 is 1.20 bits per heavy atom. The van der Waals surface area contributed by atoms with Crippen LogP contribution in [0, 0.1) is 27.7 Å². The Labute approximate surface area is 418 Å². The molecule has 0 aliphatic carbocycles. The SMILES string of the molecule is Cc1cc(C)cc(CN(Cc2ccc(COC(=O)c3cc(C)cc(C)c3)cc2)C(=O)OCc2ccccc2)c1.c1ccc2c(c1)OCCOCCOCCOc1ccccc1OCCOCCOCCO2. The fraction of sp³-hybridized carbons (Fsp3) is 0.345. The van der Waals surface area contributed by atoms with E-state index in [2.05, 4.69) is 32.0 Å². The molecule has 1 aliphatic heterocycles. The summed E-state index contributed by atoms with van der Waals surface area (Å²) in [6, 6.07) is 44.5. The quantitative estimate of drug-likeness (QED) is 0.128. The molecule has 1 aliphatic rings. The molecule has 1 heterocycles. The second-order valence-corrected chi connectivity index (χ2v) is 16.9. The lowest BCUT2D eigenvalue weighted by atomic mass is 10.1. The molecule has 13 heteroatoms. The Morgan fingerprint density at radius 2 is 0.746 bits per heavy atom. The highest BCUT2D eigenvalue weighted by atomic mass is 16.6. The van der Waals surface area contributed by atoms with Crippen molar-refractivity contribution in [1.82, 2.24) is 4.90 Å². The van der Waals surface area contributed by atoms with E-state index in [9.17, 15) is 9.59 Å². The molecule has 0 N–H and O–H groups in total. The zero-order chi connectivity index (χ0) is 49.9. The van der Waals surface area contributed by atoms with Crippen LogP contribution in [0.5, 0.6) is 23.0 Å². The van der Waals surface area contributed by atoms with Crippen molar-refractivity contribution in [3.63, 3.8) is 0 Å². The smallest absolute Gasteiger partial charge is 0.410 e. The van der Waals surface area contributed by atoms with Crippen LogP contribution in [0.1, 0.15) is 54.9 Å². The van der Waals surface area contributed by atoms with Gasteiger partial charge in [-0.05, 0) is 86.3 Å². The lowest BCUT2D eigenvalue weighted by molar-refractivity contribution is 0.0223. The number of para-hydroxylation sites is 4. The molecule has 13 nitrogen and oxygen atoms in total. The Bertz CT molecular complexity index is 2350. The van der Waals surface area contributed by atoms with Gasteiger partial charge in [0.25, 0.3) is 0 Å². The van der Waals surface area contributed by atoms with Gasteiger partial charge in [0.15, 0.2) is 23.0 Å². The van der Waals surface area contributed by atoms with Gasteiger partial charge < -0.3 is 47.4 Å². The third kappa shape index (κ3) is 19.8. The zero-order valence-electron chi connectivity index (χ0n) is 41.4. The van der Waals surface area contributed by atoms with E-state index in [0.29, 0.717) is 121 Å². The van der Waals surface area contributed by atoms with Crippen molar-refractivity contribution in [2.75, 3.05) is 79.3 Å². The summed E-state index contributed by atoms with van der Waals surface area (Å²) in [6.07, 6.45) is -0.371. The Hall–Kier alpha value is -6.90. The minimum absolute atomic E-state index is 0.178.